The second kappa shape index (κ2) is 4.09. The molecule has 3 aliphatic rings. The van der Waals surface area contributed by atoms with Crippen molar-refractivity contribution in [1.82, 2.24) is 0 Å². The van der Waals surface area contributed by atoms with Gasteiger partial charge in [-0.1, -0.05) is 18.2 Å². The smallest absolute Gasteiger partial charge is 0.229 e. The zero-order chi connectivity index (χ0) is 14.6. The number of carbonyl (C=O) groups excluding carboxylic acids is 3. The van der Waals surface area contributed by atoms with Crippen LogP contribution in [0.1, 0.15) is 11.1 Å². The van der Waals surface area contributed by atoms with Gasteiger partial charge in [0.15, 0.2) is 5.78 Å². The van der Waals surface area contributed by atoms with E-state index in [9.17, 15) is 14.4 Å². The van der Waals surface area contributed by atoms with E-state index in [1.165, 1.54) is 6.08 Å². The van der Waals surface area contributed by atoms with Gasteiger partial charge < -0.3 is 0 Å². The molecule has 0 spiro atoms. The summed E-state index contributed by atoms with van der Waals surface area (Å²) in [6.45, 7) is 0. The number of carbonyl (C=O) groups is 3. The Kier molecular flexibility index (Phi) is 2.33. The van der Waals surface area contributed by atoms with Crippen LogP contribution in [0.15, 0.2) is 35.9 Å². The molecular weight excluding hydrogens is 264 g/mol. The molecule has 1 unspecified atom stereocenters. The van der Waals surface area contributed by atoms with Gasteiger partial charge in [0.2, 0.25) is 11.6 Å². The average molecular weight is 274 g/mol. The summed E-state index contributed by atoms with van der Waals surface area (Å²) in [5.74, 6) is -1.10. The molecule has 0 N–H and O–H groups in total. The molecule has 21 heavy (non-hydrogen) atoms. The fraction of sp³-hybridized carbons (Fsp3) is 0.0556. The number of hydrogen-bond donors (Lipinski definition) is 0. The van der Waals surface area contributed by atoms with Crippen LogP contribution in [0, 0.1) is 5.92 Å². The van der Waals surface area contributed by atoms with Gasteiger partial charge in [-0.25, -0.2) is 0 Å². The summed E-state index contributed by atoms with van der Waals surface area (Å²) >= 11 is 0. The summed E-state index contributed by atoms with van der Waals surface area (Å²) in [5.41, 5.74) is 2.37. The standard InChI is InChI=1S/C18H10O3/c19-15-3-1-10-5-12-6-11-2-4-17(20)18(21)16(11)9-14(12)7-13(10)8-15/h1-9,11H. The van der Waals surface area contributed by atoms with Gasteiger partial charge in [0.05, 0.1) is 0 Å². The second-order valence-corrected chi connectivity index (χ2v) is 5.33. The van der Waals surface area contributed by atoms with Crippen LogP contribution < -0.4 is 10.4 Å². The predicted octanol–water partition coefficient (Wildman–Crippen LogP) is 0.565. The van der Waals surface area contributed by atoms with Gasteiger partial charge in [0.1, 0.15) is 0 Å². The van der Waals surface area contributed by atoms with E-state index in [1.807, 2.05) is 18.2 Å². The van der Waals surface area contributed by atoms with Crippen molar-refractivity contribution in [2.24, 2.45) is 5.92 Å². The molecule has 0 radical (unpaired) electrons. The molecule has 0 bridgehead atoms. The lowest BCUT2D eigenvalue weighted by atomic mass is 9.82. The van der Waals surface area contributed by atoms with E-state index in [-0.39, 0.29) is 11.7 Å². The highest BCUT2D eigenvalue weighted by Crippen LogP contribution is 2.25. The summed E-state index contributed by atoms with van der Waals surface area (Å²) in [5, 5.41) is 1.86. The van der Waals surface area contributed by atoms with Gasteiger partial charge in [-0.2, -0.15) is 0 Å². The normalized spacial score (nSPS) is 21.8. The summed E-state index contributed by atoms with van der Waals surface area (Å²) in [4.78, 5) is 34.9. The van der Waals surface area contributed by atoms with Crippen molar-refractivity contribution in [2.45, 2.75) is 0 Å². The van der Waals surface area contributed by atoms with E-state index in [0.29, 0.717) is 5.57 Å². The third kappa shape index (κ3) is 1.78. The highest BCUT2D eigenvalue weighted by Gasteiger charge is 2.28. The molecule has 3 heteroatoms. The maximum Gasteiger partial charge on any atom is 0.229 e. The fourth-order valence-electron chi connectivity index (χ4n) is 2.91. The lowest BCUT2D eigenvalue weighted by Gasteiger charge is -2.20. The second-order valence-electron chi connectivity index (χ2n) is 5.33. The van der Waals surface area contributed by atoms with Crippen LogP contribution in [0.4, 0.5) is 0 Å². The Morgan fingerprint density at radius 1 is 0.810 bits per heavy atom. The third-order valence-electron chi connectivity index (χ3n) is 3.98. The topological polar surface area (TPSA) is 51.2 Å². The van der Waals surface area contributed by atoms with Crippen molar-refractivity contribution in [3.05, 3.63) is 57.5 Å². The van der Waals surface area contributed by atoms with Crippen molar-refractivity contribution in [3.8, 4) is 0 Å². The maximum absolute atomic E-state index is 11.9. The van der Waals surface area contributed by atoms with E-state index >= 15 is 0 Å². The fourth-order valence-corrected chi connectivity index (χ4v) is 2.91. The Balaban J connectivity index is 1.98. The van der Waals surface area contributed by atoms with Gasteiger partial charge >= 0.3 is 0 Å². The Hall–Kier alpha value is -2.81. The van der Waals surface area contributed by atoms with Gasteiger partial charge in [-0.05, 0) is 58.0 Å². The Bertz CT molecular complexity index is 939. The van der Waals surface area contributed by atoms with Crippen LogP contribution in [0.2, 0.25) is 0 Å². The van der Waals surface area contributed by atoms with Crippen LogP contribution >= 0.6 is 0 Å². The van der Waals surface area contributed by atoms with Crippen LogP contribution in [-0.2, 0) is 14.4 Å². The molecular formula is C18H10O3. The van der Waals surface area contributed by atoms with Gasteiger partial charge in [0.25, 0.3) is 0 Å². The first kappa shape index (κ1) is 12.0. The number of benzene rings is 1. The number of allylic oxidation sites excluding steroid dienone is 4. The zero-order valence-electron chi connectivity index (χ0n) is 11.0. The van der Waals surface area contributed by atoms with Crippen molar-refractivity contribution >= 4 is 41.7 Å². The minimum absolute atomic E-state index is 0.0420. The molecule has 1 aromatic carbocycles. The molecule has 1 aromatic rings. The molecule has 1 atom stereocenters. The number of ketones is 3. The van der Waals surface area contributed by atoms with Crippen LogP contribution in [0.25, 0.3) is 24.3 Å². The molecule has 0 heterocycles. The van der Waals surface area contributed by atoms with Crippen LogP contribution in [0.3, 0.4) is 0 Å². The lowest BCUT2D eigenvalue weighted by Crippen LogP contribution is -2.28. The van der Waals surface area contributed by atoms with Gasteiger partial charge in [-0.15, -0.1) is 0 Å². The zero-order valence-corrected chi connectivity index (χ0v) is 11.0. The highest BCUT2D eigenvalue weighted by atomic mass is 16.2. The Morgan fingerprint density at radius 2 is 1.62 bits per heavy atom. The molecule has 100 valence electrons. The average Bonchev–Trinajstić information content (AvgIpc) is 2.48. The summed E-state index contributed by atoms with van der Waals surface area (Å²) in [6, 6.07) is 3.90. The SMILES string of the molecule is O=C1C=Cc2cc3c(cc2=C1)C=C1C(=O)C(=O)C=CC1C=3. The molecule has 0 amide bonds. The van der Waals surface area contributed by atoms with Crippen molar-refractivity contribution < 1.29 is 14.4 Å². The monoisotopic (exact) mass is 274 g/mol. The predicted molar refractivity (Wildman–Crippen MR) is 79.3 cm³/mol. The first-order valence-corrected chi connectivity index (χ1v) is 6.70. The largest absolute Gasteiger partial charge is 0.290 e. The highest BCUT2D eigenvalue weighted by molar-refractivity contribution is 6.49. The minimum Gasteiger partial charge on any atom is -0.290 e. The quantitative estimate of drug-likeness (QED) is 0.650. The number of rotatable bonds is 0. The Morgan fingerprint density at radius 3 is 2.48 bits per heavy atom. The van der Waals surface area contributed by atoms with Crippen molar-refractivity contribution in [3.63, 3.8) is 0 Å². The molecule has 3 aliphatic carbocycles. The number of hydrogen-bond acceptors (Lipinski definition) is 3. The van der Waals surface area contributed by atoms with E-state index in [2.05, 4.69) is 0 Å². The van der Waals surface area contributed by atoms with E-state index in [4.69, 9.17) is 0 Å². The van der Waals surface area contributed by atoms with Crippen molar-refractivity contribution in [2.75, 3.05) is 0 Å². The molecule has 0 aromatic heterocycles. The number of Topliss-reactive ketones (excluding diaryl/α,β-unsaturated/α-hetero) is 1. The first-order chi connectivity index (χ1) is 10.1. The first-order valence-electron chi connectivity index (χ1n) is 6.70. The van der Waals surface area contributed by atoms with E-state index in [0.717, 1.165) is 21.6 Å². The van der Waals surface area contributed by atoms with E-state index < -0.39 is 11.6 Å². The van der Waals surface area contributed by atoms with E-state index in [1.54, 1.807) is 30.4 Å². The molecule has 4 rings (SSSR count). The van der Waals surface area contributed by atoms with Crippen LogP contribution in [-0.4, -0.2) is 17.3 Å². The third-order valence-corrected chi connectivity index (χ3v) is 3.98. The van der Waals surface area contributed by atoms with Crippen molar-refractivity contribution in [1.29, 1.82) is 0 Å². The molecule has 0 aliphatic heterocycles. The van der Waals surface area contributed by atoms with Gasteiger partial charge in [0, 0.05) is 11.5 Å². The lowest BCUT2D eigenvalue weighted by molar-refractivity contribution is -0.131. The number of fused-ring (bicyclic) bond motifs is 3. The Labute approximate surface area is 120 Å². The molecule has 0 saturated carbocycles. The molecule has 0 saturated heterocycles. The summed E-state index contributed by atoms with van der Waals surface area (Å²) in [7, 11) is 0. The van der Waals surface area contributed by atoms with Gasteiger partial charge in [-0.3, -0.25) is 14.4 Å². The maximum atomic E-state index is 11.9. The molecule has 0 fully saturated rings. The summed E-state index contributed by atoms with van der Waals surface area (Å²) < 4.78 is 0. The summed E-state index contributed by atoms with van der Waals surface area (Å²) in [6.07, 6.45) is 11.8. The van der Waals surface area contributed by atoms with Crippen LogP contribution in [0.5, 0.6) is 0 Å². The molecule has 3 nitrogen and oxygen atoms in total. The minimum atomic E-state index is -0.475.